The highest BCUT2D eigenvalue weighted by Gasteiger charge is 2.04. The second-order valence-electron chi connectivity index (χ2n) is 4.42. The van der Waals surface area contributed by atoms with Crippen molar-refractivity contribution in [1.29, 1.82) is 0 Å². The van der Waals surface area contributed by atoms with Gasteiger partial charge in [0.1, 0.15) is 6.61 Å². The van der Waals surface area contributed by atoms with Crippen LogP contribution in [0.3, 0.4) is 0 Å². The zero-order valence-corrected chi connectivity index (χ0v) is 11.3. The predicted octanol–water partition coefficient (Wildman–Crippen LogP) is 3.16. The Labute approximate surface area is 114 Å². The van der Waals surface area contributed by atoms with Crippen LogP contribution in [0.5, 0.6) is 5.88 Å². The van der Waals surface area contributed by atoms with Crippen molar-refractivity contribution in [1.82, 2.24) is 10.3 Å². The highest BCUT2D eigenvalue weighted by atomic mass is 16.5. The van der Waals surface area contributed by atoms with Gasteiger partial charge in [0, 0.05) is 18.3 Å². The minimum absolute atomic E-state index is 0.554. The zero-order chi connectivity index (χ0) is 13.3. The first-order valence-electron chi connectivity index (χ1n) is 6.71. The van der Waals surface area contributed by atoms with Gasteiger partial charge in [-0.2, -0.15) is 0 Å². The van der Waals surface area contributed by atoms with Crippen molar-refractivity contribution in [2.75, 3.05) is 6.54 Å². The van der Waals surface area contributed by atoms with Crippen LogP contribution in [-0.2, 0) is 13.2 Å². The molecule has 1 heterocycles. The molecule has 0 amide bonds. The lowest BCUT2D eigenvalue weighted by atomic mass is 10.2. The summed E-state index contributed by atoms with van der Waals surface area (Å²) in [5.74, 6) is 0.718. The minimum Gasteiger partial charge on any atom is -0.473 e. The second-order valence-corrected chi connectivity index (χ2v) is 4.42. The quantitative estimate of drug-likeness (QED) is 0.773. The molecular formula is C16H20N2O. The number of pyridine rings is 1. The lowest BCUT2D eigenvalue weighted by Gasteiger charge is -2.10. The van der Waals surface area contributed by atoms with Gasteiger partial charge in [-0.1, -0.05) is 43.3 Å². The van der Waals surface area contributed by atoms with Gasteiger partial charge < -0.3 is 10.1 Å². The fourth-order valence-corrected chi connectivity index (χ4v) is 1.81. The van der Waals surface area contributed by atoms with Crippen molar-refractivity contribution < 1.29 is 4.74 Å². The number of aromatic nitrogens is 1. The lowest BCUT2D eigenvalue weighted by Crippen LogP contribution is -2.15. The van der Waals surface area contributed by atoms with Crippen LogP contribution in [0.15, 0.2) is 48.7 Å². The molecule has 0 fully saturated rings. The monoisotopic (exact) mass is 256 g/mol. The Morgan fingerprint density at radius 2 is 1.95 bits per heavy atom. The number of benzene rings is 1. The Bertz CT molecular complexity index is 485. The van der Waals surface area contributed by atoms with Gasteiger partial charge in [0.15, 0.2) is 0 Å². The zero-order valence-electron chi connectivity index (χ0n) is 11.3. The second kappa shape index (κ2) is 7.54. The summed E-state index contributed by atoms with van der Waals surface area (Å²) in [6, 6.07) is 14.1. The average molecular weight is 256 g/mol. The van der Waals surface area contributed by atoms with Crippen molar-refractivity contribution in [3.8, 4) is 5.88 Å². The average Bonchev–Trinajstić information content (AvgIpc) is 2.48. The van der Waals surface area contributed by atoms with Gasteiger partial charge in [0.05, 0.1) is 0 Å². The van der Waals surface area contributed by atoms with Crippen molar-refractivity contribution in [3.63, 3.8) is 0 Å². The van der Waals surface area contributed by atoms with E-state index in [2.05, 4.69) is 35.4 Å². The molecule has 1 N–H and O–H groups in total. The van der Waals surface area contributed by atoms with E-state index in [-0.39, 0.29) is 0 Å². The van der Waals surface area contributed by atoms with E-state index in [1.54, 1.807) is 6.20 Å². The molecule has 3 heteroatoms. The third-order valence-electron chi connectivity index (χ3n) is 2.81. The molecule has 0 saturated heterocycles. The van der Waals surface area contributed by atoms with E-state index < -0.39 is 0 Å². The number of ether oxygens (including phenoxy) is 1. The first kappa shape index (κ1) is 13.6. The maximum atomic E-state index is 5.80. The first-order valence-corrected chi connectivity index (χ1v) is 6.71. The Morgan fingerprint density at radius 3 is 2.74 bits per heavy atom. The third kappa shape index (κ3) is 4.38. The summed E-state index contributed by atoms with van der Waals surface area (Å²) in [4.78, 5) is 4.31. The van der Waals surface area contributed by atoms with E-state index in [0.29, 0.717) is 6.61 Å². The molecule has 100 valence electrons. The highest BCUT2D eigenvalue weighted by molar-refractivity contribution is 5.26. The van der Waals surface area contributed by atoms with Crippen LogP contribution in [0.1, 0.15) is 24.5 Å². The van der Waals surface area contributed by atoms with Crippen molar-refractivity contribution in [2.24, 2.45) is 0 Å². The van der Waals surface area contributed by atoms with E-state index in [0.717, 1.165) is 36.5 Å². The third-order valence-corrected chi connectivity index (χ3v) is 2.81. The minimum atomic E-state index is 0.554. The summed E-state index contributed by atoms with van der Waals surface area (Å²) >= 11 is 0. The number of hydrogen-bond acceptors (Lipinski definition) is 3. The van der Waals surface area contributed by atoms with Gasteiger partial charge in [-0.3, -0.25) is 0 Å². The molecule has 1 aromatic carbocycles. The number of nitrogens with one attached hydrogen (secondary N) is 1. The fraction of sp³-hybridized carbons (Fsp3) is 0.312. The van der Waals surface area contributed by atoms with Crippen LogP contribution in [0.4, 0.5) is 0 Å². The summed E-state index contributed by atoms with van der Waals surface area (Å²) in [7, 11) is 0. The molecule has 0 radical (unpaired) electrons. The molecule has 1 aromatic heterocycles. The van der Waals surface area contributed by atoms with E-state index >= 15 is 0 Å². The van der Waals surface area contributed by atoms with Gasteiger partial charge in [0.2, 0.25) is 5.88 Å². The Balaban J connectivity index is 1.95. The normalized spacial score (nSPS) is 10.4. The van der Waals surface area contributed by atoms with E-state index in [9.17, 15) is 0 Å². The van der Waals surface area contributed by atoms with Gasteiger partial charge >= 0.3 is 0 Å². The first-order chi connectivity index (χ1) is 9.40. The van der Waals surface area contributed by atoms with Crippen LogP contribution in [0.2, 0.25) is 0 Å². The number of hydrogen-bond donors (Lipinski definition) is 1. The largest absolute Gasteiger partial charge is 0.473 e. The van der Waals surface area contributed by atoms with Gasteiger partial charge in [-0.05, 0) is 24.6 Å². The number of rotatable bonds is 7. The summed E-state index contributed by atoms with van der Waals surface area (Å²) in [5.41, 5.74) is 2.26. The summed E-state index contributed by atoms with van der Waals surface area (Å²) < 4.78 is 5.80. The fourth-order valence-electron chi connectivity index (χ4n) is 1.81. The molecule has 0 atom stereocenters. The molecule has 2 rings (SSSR count). The Morgan fingerprint density at radius 1 is 1.11 bits per heavy atom. The Hall–Kier alpha value is -1.87. The van der Waals surface area contributed by atoms with Crippen LogP contribution < -0.4 is 10.1 Å². The molecule has 0 aliphatic rings. The Kier molecular flexibility index (Phi) is 5.38. The van der Waals surface area contributed by atoms with Crippen LogP contribution in [0.25, 0.3) is 0 Å². The van der Waals surface area contributed by atoms with Gasteiger partial charge in [-0.15, -0.1) is 0 Å². The number of nitrogens with zero attached hydrogens (tertiary/aromatic N) is 1. The predicted molar refractivity (Wildman–Crippen MR) is 77.0 cm³/mol. The van der Waals surface area contributed by atoms with Crippen molar-refractivity contribution in [3.05, 3.63) is 59.8 Å². The maximum Gasteiger partial charge on any atom is 0.218 e. The molecule has 3 nitrogen and oxygen atoms in total. The van der Waals surface area contributed by atoms with E-state index in [1.807, 2.05) is 24.3 Å². The SMILES string of the molecule is CCCNCc1cccnc1OCc1ccccc1. The van der Waals surface area contributed by atoms with Gasteiger partial charge in [-0.25, -0.2) is 4.98 Å². The summed E-state index contributed by atoms with van der Waals surface area (Å²) in [6.07, 6.45) is 2.89. The highest BCUT2D eigenvalue weighted by Crippen LogP contribution is 2.15. The van der Waals surface area contributed by atoms with E-state index in [4.69, 9.17) is 4.74 Å². The van der Waals surface area contributed by atoms with Crippen LogP contribution >= 0.6 is 0 Å². The lowest BCUT2D eigenvalue weighted by molar-refractivity contribution is 0.289. The molecule has 2 aromatic rings. The topological polar surface area (TPSA) is 34.2 Å². The molecule has 0 aliphatic carbocycles. The molecule has 19 heavy (non-hydrogen) atoms. The molecule has 0 unspecified atom stereocenters. The molecule has 0 saturated carbocycles. The van der Waals surface area contributed by atoms with Gasteiger partial charge in [0.25, 0.3) is 0 Å². The van der Waals surface area contributed by atoms with Crippen molar-refractivity contribution >= 4 is 0 Å². The standard InChI is InChI=1S/C16H20N2O/c1-2-10-17-12-15-9-6-11-18-16(15)19-13-14-7-4-3-5-8-14/h3-9,11,17H,2,10,12-13H2,1H3. The summed E-state index contributed by atoms with van der Waals surface area (Å²) in [6.45, 7) is 4.51. The molecular weight excluding hydrogens is 236 g/mol. The molecule has 0 aliphatic heterocycles. The maximum absolute atomic E-state index is 5.80. The molecule has 0 bridgehead atoms. The van der Waals surface area contributed by atoms with Crippen LogP contribution in [-0.4, -0.2) is 11.5 Å². The van der Waals surface area contributed by atoms with Crippen molar-refractivity contribution in [2.45, 2.75) is 26.5 Å². The smallest absolute Gasteiger partial charge is 0.218 e. The van der Waals surface area contributed by atoms with E-state index in [1.165, 1.54) is 0 Å². The summed E-state index contributed by atoms with van der Waals surface area (Å²) in [5, 5.41) is 3.37. The van der Waals surface area contributed by atoms with Crippen LogP contribution in [0, 0.1) is 0 Å². The molecule has 0 spiro atoms.